The molecule has 0 radical (unpaired) electrons. The van der Waals surface area contributed by atoms with E-state index in [1.807, 2.05) is 0 Å². The average Bonchev–Trinajstić information content (AvgIpc) is 2.15. The van der Waals surface area contributed by atoms with Crippen molar-refractivity contribution < 1.29 is 9.53 Å². The van der Waals surface area contributed by atoms with Crippen LogP contribution in [0.1, 0.15) is 19.4 Å². The summed E-state index contributed by atoms with van der Waals surface area (Å²) in [5.74, 6) is -0.411. The SMILES string of the molecule is CC(C)OC(=O)C=Cc1c(Cl)cccc1Cl. The van der Waals surface area contributed by atoms with Crippen molar-refractivity contribution in [2.24, 2.45) is 0 Å². The lowest BCUT2D eigenvalue weighted by molar-refractivity contribution is -0.141. The lowest BCUT2D eigenvalue weighted by Crippen LogP contribution is -2.08. The van der Waals surface area contributed by atoms with Gasteiger partial charge in [-0.15, -0.1) is 0 Å². The fourth-order valence-corrected chi connectivity index (χ4v) is 1.62. The molecule has 0 aromatic heterocycles. The summed E-state index contributed by atoms with van der Waals surface area (Å²) in [5, 5.41) is 1.00. The molecule has 1 aromatic carbocycles. The highest BCUT2D eigenvalue weighted by atomic mass is 35.5. The van der Waals surface area contributed by atoms with Gasteiger partial charge in [-0.2, -0.15) is 0 Å². The van der Waals surface area contributed by atoms with Gasteiger partial charge in [-0.1, -0.05) is 29.3 Å². The Bertz CT molecular complexity index is 391. The van der Waals surface area contributed by atoms with Gasteiger partial charge in [0.25, 0.3) is 0 Å². The van der Waals surface area contributed by atoms with Crippen LogP contribution < -0.4 is 0 Å². The van der Waals surface area contributed by atoms with E-state index in [0.717, 1.165) is 0 Å². The number of esters is 1. The van der Waals surface area contributed by atoms with Crippen LogP contribution in [-0.4, -0.2) is 12.1 Å². The lowest BCUT2D eigenvalue weighted by Gasteiger charge is -2.04. The number of halogens is 2. The molecule has 4 heteroatoms. The Morgan fingerprint density at radius 2 is 1.88 bits per heavy atom. The molecule has 0 saturated carbocycles. The molecule has 0 amide bonds. The summed E-state index contributed by atoms with van der Waals surface area (Å²) >= 11 is 11.9. The molecule has 86 valence electrons. The number of rotatable bonds is 3. The molecule has 0 aliphatic rings. The molecule has 0 fully saturated rings. The predicted molar refractivity (Wildman–Crippen MR) is 66.7 cm³/mol. The zero-order valence-corrected chi connectivity index (χ0v) is 10.5. The second kappa shape index (κ2) is 5.92. The first-order chi connectivity index (χ1) is 7.50. The molecular formula is C12H12Cl2O2. The molecule has 0 aliphatic carbocycles. The summed E-state index contributed by atoms with van der Waals surface area (Å²) in [5.41, 5.74) is 0.617. The summed E-state index contributed by atoms with van der Waals surface area (Å²) in [7, 11) is 0. The van der Waals surface area contributed by atoms with Gasteiger partial charge < -0.3 is 4.74 Å². The summed E-state index contributed by atoms with van der Waals surface area (Å²) in [6, 6.07) is 5.16. The third-order valence-electron chi connectivity index (χ3n) is 1.74. The second-order valence-electron chi connectivity index (χ2n) is 3.45. The van der Waals surface area contributed by atoms with E-state index >= 15 is 0 Å². The Hall–Kier alpha value is -0.990. The average molecular weight is 259 g/mol. The van der Waals surface area contributed by atoms with Crippen molar-refractivity contribution in [2.45, 2.75) is 20.0 Å². The maximum atomic E-state index is 11.3. The summed E-state index contributed by atoms with van der Waals surface area (Å²) in [6.45, 7) is 3.57. The van der Waals surface area contributed by atoms with Crippen molar-refractivity contribution in [2.75, 3.05) is 0 Å². The predicted octanol–water partition coefficient (Wildman–Crippen LogP) is 3.96. The Labute approximate surface area is 105 Å². The van der Waals surface area contributed by atoms with Crippen LogP contribution >= 0.6 is 23.2 Å². The van der Waals surface area contributed by atoms with Crippen molar-refractivity contribution in [1.29, 1.82) is 0 Å². The van der Waals surface area contributed by atoms with Crippen molar-refractivity contribution in [1.82, 2.24) is 0 Å². The van der Waals surface area contributed by atoms with Gasteiger partial charge in [0.1, 0.15) is 0 Å². The molecule has 0 atom stereocenters. The van der Waals surface area contributed by atoms with Crippen LogP contribution in [0.5, 0.6) is 0 Å². The number of benzene rings is 1. The van der Waals surface area contributed by atoms with E-state index in [1.165, 1.54) is 6.08 Å². The smallest absolute Gasteiger partial charge is 0.331 e. The van der Waals surface area contributed by atoms with Crippen LogP contribution in [0, 0.1) is 0 Å². The minimum absolute atomic E-state index is 0.140. The standard InChI is InChI=1S/C12H12Cl2O2/c1-8(2)16-12(15)7-6-9-10(13)4-3-5-11(9)14/h3-8H,1-2H3. The number of carbonyl (C=O) groups excluding carboxylic acids is 1. The van der Waals surface area contributed by atoms with Gasteiger partial charge in [0.15, 0.2) is 0 Å². The van der Waals surface area contributed by atoms with E-state index in [1.54, 1.807) is 38.1 Å². The Morgan fingerprint density at radius 1 is 1.31 bits per heavy atom. The first kappa shape index (κ1) is 13.1. The minimum Gasteiger partial charge on any atom is -0.460 e. The van der Waals surface area contributed by atoms with E-state index in [0.29, 0.717) is 15.6 Å². The summed E-state index contributed by atoms with van der Waals surface area (Å²) in [6.07, 6.45) is 2.72. The molecule has 0 unspecified atom stereocenters. The van der Waals surface area contributed by atoms with Gasteiger partial charge in [-0.3, -0.25) is 0 Å². The highest BCUT2D eigenvalue weighted by Crippen LogP contribution is 2.25. The normalized spacial score (nSPS) is 11.1. The van der Waals surface area contributed by atoms with Crippen LogP contribution in [-0.2, 0) is 9.53 Å². The quantitative estimate of drug-likeness (QED) is 0.606. The van der Waals surface area contributed by atoms with Gasteiger partial charge in [-0.05, 0) is 32.1 Å². The summed E-state index contributed by atoms with van der Waals surface area (Å²) < 4.78 is 4.94. The first-order valence-electron chi connectivity index (χ1n) is 4.83. The second-order valence-corrected chi connectivity index (χ2v) is 4.27. The van der Waals surface area contributed by atoms with Crippen LogP contribution in [0.4, 0.5) is 0 Å². The molecule has 1 aromatic rings. The van der Waals surface area contributed by atoms with Crippen molar-refractivity contribution in [3.63, 3.8) is 0 Å². The van der Waals surface area contributed by atoms with E-state index in [9.17, 15) is 4.79 Å². The van der Waals surface area contributed by atoms with Crippen molar-refractivity contribution >= 4 is 35.2 Å². The van der Waals surface area contributed by atoms with Gasteiger partial charge in [0.2, 0.25) is 0 Å². The van der Waals surface area contributed by atoms with Crippen LogP contribution in [0.2, 0.25) is 10.0 Å². The van der Waals surface area contributed by atoms with Crippen LogP contribution in [0.25, 0.3) is 6.08 Å². The highest BCUT2D eigenvalue weighted by molar-refractivity contribution is 6.37. The third kappa shape index (κ3) is 3.87. The molecule has 0 spiro atoms. The van der Waals surface area contributed by atoms with Crippen LogP contribution in [0.15, 0.2) is 24.3 Å². The topological polar surface area (TPSA) is 26.3 Å². The van der Waals surface area contributed by atoms with Gasteiger partial charge in [-0.25, -0.2) is 4.79 Å². The maximum Gasteiger partial charge on any atom is 0.331 e. The monoisotopic (exact) mass is 258 g/mol. The zero-order valence-electron chi connectivity index (χ0n) is 9.04. The van der Waals surface area contributed by atoms with Gasteiger partial charge in [0.05, 0.1) is 6.10 Å². The first-order valence-corrected chi connectivity index (χ1v) is 5.59. The molecule has 1 rings (SSSR count). The highest BCUT2D eigenvalue weighted by Gasteiger charge is 2.04. The Balaban J connectivity index is 2.80. The largest absolute Gasteiger partial charge is 0.460 e. The molecule has 0 aliphatic heterocycles. The molecular weight excluding hydrogens is 247 g/mol. The molecule has 0 heterocycles. The third-order valence-corrected chi connectivity index (χ3v) is 2.40. The van der Waals surface area contributed by atoms with E-state index < -0.39 is 5.97 Å². The zero-order chi connectivity index (χ0) is 12.1. The number of hydrogen-bond acceptors (Lipinski definition) is 2. The molecule has 0 saturated heterocycles. The van der Waals surface area contributed by atoms with Gasteiger partial charge >= 0.3 is 5.97 Å². The number of carbonyl (C=O) groups is 1. The molecule has 16 heavy (non-hydrogen) atoms. The maximum absolute atomic E-state index is 11.3. The van der Waals surface area contributed by atoms with Crippen LogP contribution in [0.3, 0.4) is 0 Å². The molecule has 0 bridgehead atoms. The van der Waals surface area contributed by atoms with E-state index in [2.05, 4.69) is 0 Å². The van der Waals surface area contributed by atoms with Crippen molar-refractivity contribution in [3.05, 3.63) is 39.9 Å². The number of hydrogen-bond donors (Lipinski definition) is 0. The fourth-order valence-electron chi connectivity index (χ4n) is 1.09. The molecule has 2 nitrogen and oxygen atoms in total. The number of ether oxygens (including phenoxy) is 1. The van der Waals surface area contributed by atoms with E-state index in [4.69, 9.17) is 27.9 Å². The Kier molecular flexibility index (Phi) is 4.84. The summed E-state index contributed by atoms with van der Waals surface area (Å²) in [4.78, 5) is 11.3. The lowest BCUT2D eigenvalue weighted by atomic mass is 10.2. The van der Waals surface area contributed by atoms with Gasteiger partial charge in [0, 0.05) is 21.7 Å². The van der Waals surface area contributed by atoms with E-state index in [-0.39, 0.29) is 6.10 Å². The minimum atomic E-state index is -0.411. The molecule has 0 N–H and O–H groups in total. The fraction of sp³-hybridized carbons (Fsp3) is 0.250. The van der Waals surface area contributed by atoms with Crippen molar-refractivity contribution in [3.8, 4) is 0 Å². The Morgan fingerprint density at radius 3 is 2.38 bits per heavy atom.